The van der Waals surface area contributed by atoms with Crippen molar-refractivity contribution < 1.29 is 36.8 Å². The summed E-state index contributed by atoms with van der Waals surface area (Å²) in [5, 5.41) is 13.1. The van der Waals surface area contributed by atoms with Gasteiger partial charge in [-0.05, 0) is 82.4 Å². The van der Waals surface area contributed by atoms with Gasteiger partial charge in [0.15, 0.2) is 11.2 Å². The first-order valence-corrected chi connectivity index (χ1v) is 22.1. The molecule has 14 nitrogen and oxygen atoms in total. The fraction of sp³-hybridized carbons (Fsp3) is 0.605. The molecule has 61 heavy (non-hydrogen) atoms. The number of nitrogens with two attached hydrogens (primary N) is 1. The highest BCUT2D eigenvalue weighted by Crippen LogP contribution is 2.34. The maximum Gasteiger partial charge on any atom is 0.419 e. The molecule has 1 aromatic carbocycles. The smallest absolute Gasteiger partial charge is 0.404 e. The topological polar surface area (TPSA) is 170 Å². The number of halogens is 3. The predicted octanol–water partition coefficient (Wildman–Crippen LogP) is 4.20. The van der Waals surface area contributed by atoms with Gasteiger partial charge < -0.3 is 25.8 Å². The van der Waals surface area contributed by atoms with E-state index in [1.807, 2.05) is 32.9 Å². The summed E-state index contributed by atoms with van der Waals surface area (Å²) in [6.45, 7) is 8.92. The van der Waals surface area contributed by atoms with E-state index in [1.54, 1.807) is 0 Å². The Bertz CT molecular complexity index is 1990. The standard InChI is InChI=1S/C43H58F3N9O5S/c1-42(2,58)29-48-26-33(25-47)39-37(43(44,45)46)27-49-41(51-39)50-34-13-21-55(22-14-34)61(59)54-19-11-31(12-20-54)28-53-17-15-35(16-18-53)60-23-5-7-30-6-4-8-32(24-30)36-9-10-38(56)52(3)40(36)57/h4,6,8,24-27,31,34-36,58H,9-23,28-29,47H2,1-3H3,(H,49,50,51)/b33-25+,48-26?. The molecule has 4 saturated heterocycles. The largest absolute Gasteiger partial charge is 0.419 e. The van der Waals surface area contributed by atoms with Crippen molar-refractivity contribution in [1.29, 1.82) is 0 Å². The number of benzene rings is 1. The van der Waals surface area contributed by atoms with Crippen LogP contribution in [0.1, 0.15) is 93.5 Å². The lowest BCUT2D eigenvalue weighted by molar-refractivity contribution is -0.147. The summed E-state index contributed by atoms with van der Waals surface area (Å²) in [6, 6.07) is 7.54. The van der Waals surface area contributed by atoms with Gasteiger partial charge in [-0.1, -0.05) is 24.0 Å². The Morgan fingerprint density at radius 3 is 2.39 bits per heavy atom. The fourth-order valence-corrected chi connectivity index (χ4v) is 9.53. The maximum atomic E-state index is 13.9. The number of aromatic nitrogens is 2. The van der Waals surface area contributed by atoms with Crippen LogP contribution >= 0.6 is 0 Å². The molecule has 0 spiro atoms. The second-order valence-corrected chi connectivity index (χ2v) is 18.4. The predicted molar refractivity (Wildman–Crippen MR) is 228 cm³/mol. The van der Waals surface area contributed by atoms with E-state index in [0.717, 1.165) is 81.9 Å². The summed E-state index contributed by atoms with van der Waals surface area (Å²) in [6.07, 6.45) is 4.27. The third-order valence-electron chi connectivity index (χ3n) is 11.7. The van der Waals surface area contributed by atoms with Crippen LogP contribution in [0, 0.1) is 17.8 Å². The number of nitrogens with zero attached hydrogens (tertiary/aromatic N) is 7. The number of likely N-dealkylation sites (tertiary alicyclic amines) is 2. The van der Waals surface area contributed by atoms with Gasteiger partial charge in [-0.2, -0.15) is 13.2 Å². The summed E-state index contributed by atoms with van der Waals surface area (Å²) in [7, 11) is 1.54. The lowest BCUT2D eigenvalue weighted by Gasteiger charge is -2.39. The Morgan fingerprint density at radius 2 is 1.74 bits per heavy atom. The number of anilines is 1. The monoisotopic (exact) mass is 869 g/mol. The number of ether oxygens (including phenoxy) is 1. The first-order valence-electron chi connectivity index (χ1n) is 21.1. The number of aliphatic hydroxyl groups is 1. The Hall–Kier alpha value is -4.25. The van der Waals surface area contributed by atoms with Gasteiger partial charge in [-0.3, -0.25) is 19.5 Å². The number of aliphatic imine (C=N–C) groups is 1. The minimum atomic E-state index is -4.72. The number of imide groups is 1. The molecule has 332 valence electrons. The highest BCUT2D eigenvalue weighted by molar-refractivity contribution is 7.80. The molecule has 0 radical (unpaired) electrons. The molecule has 2 atom stereocenters. The van der Waals surface area contributed by atoms with E-state index < -0.39 is 34.2 Å². The van der Waals surface area contributed by atoms with E-state index in [2.05, 4.69) is 37.0 Å². The van der Waals surface area contributed by atoms with Crippen LogP contribution in [0.25, 0.3) is 5.57 Å². The lowest BCUT2D eigenvalue weighted by Crippen LogP contribution is -2.48. The molecule has 4 aliphatic heterocycles. The molecule has 4 aliphatic rings. The first kappa shape index (κ1) is 46.3. The van der Waals surface area contributed by atoms with Crippen molar-refractivity contribution in [3.8, 4) is 11.8 Å². The van der Waals surface area contributed by atoms with Crippen LogP contribution in [0.3, 0.4) is 0 Å². The normalized spacial score (nSPS) is 22.1. The first-order chi connectivity index (χ1) is 29.1. The summed E-state index contributed by atoms with van der Waals surface area (Å²) in [5.41, 5.74) is 4.75. The zero-order valence-corrected chi connectivity index (χ0v) is 36.0. The Labute approximate surface area is 358 Å². The van der Waals surface area contributed by atoms with Crippen molar-refractivity contribution in [1.82, 2.24) is 28.4 Å². The summed E-state index contributed by atoms with van der Waals surface area (Å²) < 4.78 is 65.4. The van der Waals surface area contributed by atoms with Crippen molar-refractivity contribution in [2.45, 2.75) is 95.1 Å². The number of allylic oxidation sites excluding steroid dienone is 1. The third-order valence-corrected chi connectivity index (χ3v) is 13.3. The molecular weight excluding hydrogens is 812 g/mol. The van der Waals surface area contributed by atoms with Gasteiger partial charge in [0.1, 0.15) is 12.2 Å². The molecule has 0 bridgehead atoms. The minimum absolute atomic E-state index is 0.0322. The zero-order valence-electron chi connectivity index (χ0n) is 35.2. The average molecular weight is 870 g/mol. The van der Waals surface area contributed by atoms with Crippen molar-refractivity contribution in [3.63, 3.8) is 0 Å². The van der Waals surface area contributed by atoms with Crippen LogP contribution in [0.2, 0.25) is 0 Å². The molecule has 0 saturated carbocycles. The summed E-state index contributed by atoms with van der Waals surface area (Å²) in [4.78, 5) is 40.4. The highest BCUT2D eigenvalue weighted by Gasteiger charge is 2.37. The number of amides is 2. The van der Waals surface area contributed by atoms with Crippen molar-refractivity contribution in [3.05, 3.63) is 59.0 Å². The number of likely N-dealkylation sites (N-methyl/N-ethyl adjacent to an activating group) is 1. The quantitative estimate of drug-likeness (QED) is 0.151. The van der Waals surface area contributed by atoms with E-state index >= 15 is 0 Å². The molecule has 18 heteroatoms. The number of piperidine rings is 4. The molecule has 2 unspecified atom stereocenters. The summed E-state index contributed by atoms with van der Waals surface area (Å²) >= 11 is -1.28. The molecule has 4 fully saturated rings. The van der Waals surface area contributed by atoms with Gasteiger partial charge in [0, 0.05) is 95.1 Å². The van der Waals surface area contributed by atoms with Gasteiger partial charge in [0.05, 0.1) is 29.9 Å². The van der Waals surface area contributed by atoms with Crippen LogP contribution in [-0.2, 0) is 31.7 Å². The molecule has 5 heterocycles. The number of hydrogen-bond acceptors (Lipinski definition) is 11. The van der Waals surface area contributed by atoms with Crippen LogP contribution in [-0.4, -0.2) is 139 Å². The second-order valence-electron chi connectivity index (χ2n) is 16.9. The second kappa shape index (κ2) is 20.7. The molecule has 2 aromatic rings. The van der Waals surface area contributed by atoms with Gasteiger partial charge in [0.25, 0.3) is 0 Å². The number of carbonyl (C=O) groups is 2. The van der Waals surface area contributed by atoms with E-state index in [4.69, 9.17) is 10.5 Å². The van der Waals surface area contributed by atoms with Crippen LogP contribution < -0.4 is 11.1 Å². The highest BCUT2D eigenvalue weighted by atomic mass is 32.2. The number of nitrogens with one attached hydrogen (secondary N) is 1. The molecule has 1 aromatic heterocycles. The fourth-order valence-electron chi connectivity index (χ4n) is 8.16. The van der Waals surface area contributed by atoms with Gasteiger partial charge in [-0.25, -0.2) is 22.8 Å². The lowest BCUT2D eigenvalue weighted by atomic mass is 9.89. The molecule has 2 amide bonds. The van der Waals surface area contributed by atoms with Gasteiger partial charge in [-0.15, -0.1) is 0 Å². The minimum Gasteiger partial charge on any atom is -0.404 e. The van der Waals surface area contributed by atoms with Crippen LogP contribution in [0.15, 0.2) is 41.7 Å². The van der Waals surface area contributed by atoms with Crippen molar-refractivity contribution in [2.24, 2.45) is 16.6 Å². The average Bonchev–Trinajstić information content (AvgIpc) is 3.23. The van der Waals surface area contributed by atoms with E-state index in [-0.39, 0.29) is 47.9 Å². The zero-order chi connectivity index (χ0) is 43.7. The molecule has 4 N–H and O–H groups in total. The van der Waals surface area contributed by atoms with E-state index in [1.165, 1.54) is 32.0 Å². The number of carbonyl (C=O) groups excluding carboxylic acids is 2. The van der Waals surface area contributed by atoms with Crippen LogP contribution in [0.5, 0.6) is 0 Å². The number of alkyl halides is 3. The number of hydrogen-bond donors (Lipinski definition) is 3. The van der Waals surface area contributed by atoms with Gasteiger partial charge >= 0.3 is 6.18 Å². The Kier molecular flexibility index (Phi) is 15.7. The van der Waals surface area contributed by atoms with Crippen LogP contribution in [0.4, 0.5) is 19.1 Å². The third kappa shape index (κ3) is 12.9. The van der Waals surface area contributed by atoms with Crippen molar-refractivity contribution in [2.75, 3.05) is 71.3 Å². The molecular formula is C43H58F3N9O5S. The van der Waals surface area contributed by atoms with E-state index in [0.29, 0.717) is 51.3 Å². The van der Waals surface area contributed by atoms with Crippen molar-refractivity contribution >= 4 is 40.7 Å². The summed E-state index contributed by atoms with van der Waals surface area (Å²) in [5.74, 6) is 6.23. The maximum absolute atomic E-state index is 13.9. The molecule has 6 rings (SSSR count). The SMILES string of the molecule is CN1C(=O)CCC(c2cccc(C#CCOC3CCN(CC4CCN(S(=O)N5CCC(Nc6ncc(C(F)(F)F)c(/C(C=NCC(C)(C)O)=C/N)n6)CC5)CC4)CC3)c2)C1=O. The van der Waals surface area contributed by atoms with E-state index in [9.17, 15) is 32.1 Å². The Balaban J connectivity index is 0.888. The Morgan fingerprint density at radius 1 is 1.05 bits per heavy atom. The van der Waals surface area contributed by atoms with Gasteiger partial charge in [0.2, 0.25) is 17.8 Å². The number of rotatable bonds is 13. The molecule has 0 aliphatic carbocycles.